The maximum Gasteiger partial charge on any atom is 0.296 e. The minimum Gasteiger partial charge on any atom is -0.494 e. The van der Waals surface area contributed by atoms with E-state index in [0.717, 1.165) is 36.0 Å². The Balaban J connectivity index is 1.68. The molecule has 0 bridgehead atoms. The Morgan fingerprint density at radius 2 is 1.86 bits per heavy atom. The Hall–Kier alpha value is -3.64. The van der Waals surface area contributed by atoms with E-state index in [9.17, 15) is 9.59 Å². The van der Waals surface area contributed by atoms with Crippen molar-refractivity contribution in [2.45, 2.75) is 46.1 Å². The predicted octanol–water partition coefficient (Wildman–Crippen LogP) is 6.78. The summed E-state index contributed by atoms with van der Waals surface area (Å²) in [6.07, 6.45) is 4.64. The topological polar surface area (TPSA) is 72.6 Å². The van der Waals surface area contributed by atoms with Crippen molar-refractivity contribution in [1.82, 2.24) is 4.98 Å². The molecule has 0 radical (unpaired) electrons. The third-order valence-electron chi connectivity index (χ3n) is 6.64. The molecule has 5 rings (SSSR count). The summed E-state index contributed by atoms with van der Waals surface area (Å²) in [7, 11) is 0. The van der Waals surface area contributed by atoms with Gasteiger partial charge in [0.15, 0.2) is 5.43 Å². The first kappa shape index (κ1) is 24.1. The number of pyridine rings is 1. The molecule has 0 saturated heterocycles. The minimum absolute atomic E-state index is 0.0340. The van der Waals surface area contributed by atoms with Crippen LogP contribution < -0.4 is 15.1 Å². The molecule has 0 saturated carbocycles. The molecule has 1 amide bonds. The van der Waals surface area contributed by atoms with Crippen molar-refractivity contribution >= 4 is 34.3 Å². The maximum atomic E-state index is 13.9. The van der Waals surface area contributed by atoms with Crippen LogP contribution in [-0.2, 0) is 0 Å². The second-order valence-corrected chi connectivity index (χ2v) is 9.58. The summed E-state index contributed by atoms with van der Waals surface area (Å²) in [6, 6.07) is 13.8. The first-order chi connectivity index (χ1) is 17.4. The van der Waals surface area contributed by atoms with E-state index >= 15 is 0 Å². The molecule has 0 spiro atoms. The highest BCUT2D eigenvalue weighted by atomic mass is 35.5. The van der Waals surface area contributed by atoms with Gasteiger partial charge in [0.1, 0.15) is 17.2 Å². The van der Waals surface area contributed by atoms with Crippen LogP contribution in [0.3, 0.4) is 0 Å². The summed E-state index contributed by atoms with van der Waals surface area (Å²) in [4.78, 5) is 33.5. The Morgan fingerprint density at radius 1 is 1.06 bits per heavy atom. The smallest absolute Gasteiger partial charge is 0.296 e. The van der Waals surface area contributed by atoms with Crippen molar-refractivity contribution in [3.05, 3.63) is 98.0 Å². The van der Waals surface area contributed by atoms with Gasteiger partial charge in [-0.3, -0.25) is 14.5 Å². The third-order valence-corrected chi connectivity index (χ3v) is 6.86. The van der Waals surface area contributed by atoms with E-state index < -0.39 is 11.9 Å². The van der Waals surface area contributed by atoms with E-state index in [1.54, 1.807) is 12.1 Å². The average Bonchev–Trinajstić information content (AvgIpc) is 3.16. The van der Waals surface area contributed by atoms with Crippen LogP contribution in [0.15, 0.2) is 63.9 Å². The number of amides is 1. The lowest BCUT2D eigenvalue weighted by atomic mass is 9.97. The number of ether oxygens (including phenoxy) is 1. The average molecular weight is 503 g/mol. The number of aromatic nitrogens is 1. The van der Waals surface area contributed by atoms with Gasteiger partial charge in [-0.25, -0.2) is 4.98 Å². The molecule has 4 aromatic rings. The lowest BCUT2D eigenvalue weighted by Gasteiger charge is -2.24. The molecule has 2 aromatic heterocycles. The fourth-order valence-electron chi connectivity index (χ4n) is 4.61. The van der Waals surface area contributed by atoms with Crippen molar-refractivity contribution in [2.24, 2.45) is 0 Å². The van der Waals surface area contributed by atoms with Crippen LogP contribution in [0, 0.1) is 13.8 Å². The van der Waals surface area contributed by atoms with E-state index in [0.29, 0.717) is 39.7 Å². The van der Waals surface area contributed by atoms with E-state index in [2.05, 4.69) is 11.9 Å². The first-order valence-electron chi connectivity index (χ1n) is 12.1. The molecule has 1 atom stereocenters. The standard InChI is InChI=1S/C29H27ClN2O4/c1-4-5-6-12-35-21-9-7-8-19(15-21)26-25-27(33)22-13-17(2)18(3)14-23(22)36-28(25)29(34)32(26)24-11-10-20(30)16-31-24/h7-11,13-16,26H,4-6,12H2,1-3H3. The van der Waals surface area contributed by atoms with Gasteiger partial charge in [-0.05, 0) is 73.4 Å². The van der Waals surface area contributed by atoms with Gasteiger partial charge in [0.2, 0.25) is 5.76 Å². The number of aryl methyl sites for hydroxylation is 2. The van der Waals surface area contributed by atoms with E-state index in [1.165, 1.54) is 11.1 Å². The fourth-order valence-corrected chi connectivity index (χ4v) is 4.72. The van der Waals surface area contributed by atoms with Crippen LogP contribution in [0.2, 0.25) is 5.02 Å². The van der Waals surface area contributed by atoms with Gasteiger partial charge in [-0.2, -0.15) is 0 Å². The number of halogens is 1. The monoisotopic (exact) mass is 502 g/mol. The second kappa shape index (κ2) is 9.78. The molecule has 7 heteroatoms. The zero-order chi connectivity index (χ0) is 25.4. The van der Waals surface area contributed by atoms with Crippen molar-refractivity contribution in [2.75, 3.05) is 11.5 Å². The Bertz CT molecular complexity index is 1510. The lowest BCUT2D eigenvalue weighted by molar-refractivity contribution is 0.0970. The van der Waals surface area contributed by atoms with Crippen molar-refractivity contribution < 1.29 is 13.9 Å². The van der Waals surface area contributed by atoms with Gasteiger partial charge < -0.3 is 9.15 Å². The van der Waals surface area contributed by atoms with Crippen molar-refractivity contribution in [1.29, 1.82) is 0 Å². The zero-order valence-electron chi connectivity index (χ0n) is 20.5. The number of nitrogens with zero attached hydrogens (tertiary/aromatic N) is 2. The van der Waals surface area contributed by atoms with Crippen LogP contribution in [0.5, 0.6) is 5.75 Å². The summed E-state index contributed by atoms with van der Waals surface area (Å²) < 4.78 is 12.1. The Labute approximate surface area is 214 Å². The summed E-state index contributed by atoms with van der Waals surface area (Å²) >= 11 is 6.06. The van der Waals surface area contributed by atoms with Gasteiger partial charge in [-0.1, -0.05) is 43.5 Å². The van der Waals surface area contributed by atoms with Crippen molar-refractivity contribution in [3.8, 4) is 5.75 Å². The Kier molecular flexibility index (Phi) is 6.54. The van der Waals surface area contributed by atoms with Crippen LogP contribution in [0.1, 0.15) is 65.0 Å². The quantitative estimate of drug-likeness (QED) is 0.260. The van der Waals surface area contributed by atoms with E-state index in [-0.39, 0.29) is 11.2 Å². The fraction of sp³-hybridized carbons (Fsp3) is 0.276. The summed E-state index contributed by atoms with van der Waals surface area (Å²) in [5.74, 6) is 0.680. The van der Waals surface area contributed by atoms with Gasteiger partial charge in [0, 0.05) is 6.20 Å². The predicted molar refractivity (Wildman–Crippen MR) is 141 cm³/mol. The number of carbonyl (C=O) groups excluding carboxylic acids is 1. The molecule has 3 heterocycles. The van der Waals surface area contributed by atoms with Gasteiger partial charge in [0.25, 0.3) is 5.91 Å². The second-order valence-electron chi connectivity index (χ2n) is 9.15. The molecule has 0 aliphatic carbocycles. The number of hydrogen-bond acceptors (Lipinski definition) is 5. The molecular formula is C29H27ClN2O4. The highest BCUT2D eigenvalue weighted by Gasteiger charge is 2.44. The molecule has 6 nitrogen and oxygen atoms in total. The molecule has 184 valence electrons. The molecule has 1 aliphatic rings. The molecular weight excluding hydrogens is 476 g/mol. The molecule has 1 unspecified atom stereocenters. The van der Waals surface area contributed by atoms with Gasteiger partial charge >= 0.3 is 0 Å². The van der Waals surface area contributed by atoms with Crippen LogP contribution in [0.4, 0.5) is 5.82 Å². The highest BCUT2D eigenvalue weighted by molar-refractivity contribution is 6.30. The SMILES string of the molecule is CCCCCOc1cccc(C2c3c(oc4cc(C)c(C)cc4c3=O)C(=O)N2c2ccc(Cl)cn2)c1. The number of benzene rings is 2. The van der Waals surface area contributed by atoms with Crippen LogP contribution in [-0.4, -0.2) is 17.5 Å². The normalized spacial score (nSPS) is 14.9. The molecule has 0 fully saturated rings. The largest absolute Gasteiger partial charge is 0.494 e. The summed E-state index contributed by atoms with van der Waals surface area (Å²) in [5, 5.41) is 0.903. The maximum absolute atomic E-state index is 13.9. The lowest BCUT2D eigenvalue weighted by Crippen LogP contribution is -2.30. The first-order valence-corrected chi connectivity index (χ1v) is 12.5. The number of fused-ring (bicyclic) bond motifs is 2. The zero-order valence-corrected chi connectivity index (χ0v) is 21.3. The summed E-state index contributed by atoms with van der Waals surface area (Å²) in [6.45, 7) is 6.65. The van der Waals surface area contributed by atoms with Crippen LogP contribution >= 0.6 is 11.6 Å². The van der Waals surface area contributed by atoms with Gasteiger partial charge in [0.05, 0.1) is 28.6 Å². The van der Waals surface area contributed by atoms with Gasteiger partial charge in [-0.15, -0.1) is 0 Å². The molecule has 1 aliphatic heterocycles. The van der Waals surface area contributed by atoms with Crippen LogP contribution in [0.25, 0.3) is 11.0 Å². The third kappa shape index (κ3) is 4.26. The number of hydrogen-bond donors (Lipinski definition) is 0. The number of carbonyl (C=O) groups is 1. The minimum atomic E-state index is -0.720. The number of unbranched alkanes of at least 4 members (excludes halogenated alkanes) is 2. The number of anilines is 1. The van der Waals surface area contributed by atoms with Crippen molar-refractivity contribution in [3.63, 3.8) is 0 Å². The molecule has 36 heavy (non-hydrogen) atoms. The summed E-state index contributed by atoms with van der Waals surface area (Å²) in [5.41, 5.74) is 3.18. The molecule has 0 N–H and O–H groups in total. The van der Waals surface area contributed by atoms with E-state index in [4.69, 9.17) is 20.8 Å². The van der Waals surface area contributed by atoms with E-state index in [1.807, 2.05) is 50.2 Å². The molecule has 2 aromatic carbocycles. The highest BCUT2D eigenvalue weighted by Crippen LogP contribution is 2.41. The number of rotatable bonds is 7. The Morgan fingerprint density at radius 3 is 2.61 bits per heavy atom.